The maximum absolute atomic E-state index is 12.9. The fraction of sp³-hybridized carbons (Fsp3) is 0.321. The number of amides is 3. The monoisotopic (exact) mass is 490 g/mol. The van der Waals surface area contributed by atoms with Crippen LogP contribution in [0, 0.1) is 27.7 Å². The van der Waals surface area contributed by atoms with Crippen molar-refractivity contribution in [3.63, 3.8) is 0 Å². The Labute approximate surface area is 212 Å². The summed E-state index contributed by atoms with van der Waals surface area (Å²) in [5.74, 6) is -0.313. The number of anilines is 2. The Balaban J connectivity index is 1.71. The molecule has 0 aliphatic heterocycles. The van der Waals surface area contributed by atoms with E-state index in [4.69, 9.17) is 4.42 Å². The van der Waals surface area contributed by atoms with Gasteiger partial charge >= 0.3 is 0 Å². The van der Waals surface area contributed by atoms with E-state index in [2.05, 4.69) is 16.0 Å². The van der Waals surface area contributed by atoms with Crippen LogP contribution in [0.5, 0.6) is 0 Å². The van der Waals surface area contributed by atoms with Crippen molar-refractivity contribution in [1.29, 1.82) is 0 Å². The molecule has 1 atom stereocenters. The summed E-state index contributed by atoms with van der Waals surface area (Å²) in [6.45, 7) is 9.09. The van der Waals surface area contributed by atoms with Gasteiger partial charge in [0.2, 0.25) is 17.7 Å². The molecule has 0 saturated carbocycles. The fourth-order valence-corrected chi connectivity index (χ4v) is 4.05. The molecule has 3 aromatic rings. The lowest BCUT2D eigenvalue weighted by atomic mass is 10.1. The topological polar surface area (TPSA) is 104 Å². The first-order chi connectivity index (χ1) is 17.1. The minimum atomic E-state index is -0.346. The highest BCUT2D eigenvalue weighted by atomic mass is 16.3. The molecule has 0 radical (unpaired) electrons. The lowest BCUT2D eigenvalue weighted by molar-refractivity contribution is -0.125. The molecule has 8 nitrogen and oxygen atoms in total. The van der Waals surface area contributed by atoms with Gasteiger partial charge in [-0.1, -0.05) is 36.4 Å². The fourth-order valence-electron chi connectivity index (χ4n) is 4.05. The van der Waals surface area contributed by atoms with E-state index >= 15 is 0 Å². The van der Waals surface area contributed by atoms with E-state index in [0.29, 0.717) is 5.76 Å². The van der Waals surface area contributed by atoms with Gasteiger partial charge in [-0.15, -0.1) is 0 Å². The van der Waals surface area contributed by atoms with Crippen LogP contribution in [0.1, 0.15) is 41.0 Å². The van der Waals surface area contributed by atoms with E-state index in [1.807, 2.05) is 71.0 Å². The molecule has 3 rings (SSSR count). The number of carbonyl (C=O) groups excluding carboxylic acids is 3. The number of aryl methyl sites for hydroxylation is 4. The summed E-state index contributed by atoms with van der Waals surface area (Å²) in [6.07, 6.45) is 1.54. The molecule has 0 aliphatic rings. The van der Waals surface area contributed by atoms with Gasteiger partial charge in [-0.25, -0.2) is 0 Å². The predicted molar refractivity (Wildman–Crippen MR) is 141 cm³/mol. The van der Waals surface area contributed by atoms with E-state index in [0.717, 1.165) is 33.6 Å². The lowest BCUT2D eigenvalue weighted by Crippen LogP contribution is -2.45. The number of rotatable bonds is 10. The third-order valence-electron chi connectivity index (χ3n) is 5.94. The van der Waals surface area contributed by atoms with Crippen LogP contribution in [-0.4, -0.2) is 42.3 Å². The highest BCUT2D eigenvalue weighted by Gasteiger charge is 2.21. The van der Waals surface area contributed by atoms with E-state index in [1.165, 1.54) is 4.90 Å². The van der Waals surface area contributed by atoms with Crippen molar-refractivity contribution in [2.75, 3.05) is 30.3 Å². The standard InChI is InChI=1S/C28H34N4O4/c1-18-9-6-10-19(2)27(18)30-25(34)16-32(15-24(33)29-22(5)23-13-8-14-36-23)17-26(35)31-28-20(3)11-7-12-21(28)4/h6-14,22H,15-17H2,1-5H3,(H,29,33)(H,30,34)(H,31,35). The lowest BCUT2D eigenvalue weighted by Gasteiger charge is -2.23. The maximum Gasteiger partial charge on any atom is 0.238 e. The molecule has 2 aromatic carbocycles. The summed E-state index contributed by atoms with van der Waals surface area (Å²) in [5.41, 5.74) is 5.22. The molecular formula is C28H34N4O4. The number of nitrogens with zero attached hydrogens (tertiary/aromatic N) is 1. The van der Waals surface area contributed by atoms with Gasteiger partial charge in [-0.2, -0.15) is 0 Å². The number of benzene rings is 2. The average Bonchev–Trinajstić information content (AvgIpc) is 3.34. The van der Waals surface area contributed by atoms with Crippen molar-refractivity contribution in [2.24, 2.45) is 0 Å². The van der Waals surface area contributed by atoms with Gasteiger partial charge in [0, 0.05) is 11.4 Å². The van der Waals surface area contributed by atoms with Crippen LogP contribution < -0.4 is 16.0 Å². The highest BCUT2D eigenvalue weighted by molar-refractivity contribution is 5.96. The van der Waals surface area contributed by atoms with Crippen molar-refractivity contribution in [3.05, 3.63) is 82.8 Å². The molecule has 1 aromatic heterocycles. The molecule has 36 heavy (non-hydrogen) atoms. The summed E-state index contributed by atoms with van der Waals surface area (Å²) >= 11 is 0. The van der Waals surface area contributed by atoms with Crippen molar-refractivity contribution in [1.82, 2.24) is 10.2 Å². The molecule has 0 bridgehead atoms. The Hall–Kier alpha value is -3.91. The molecule has 1 heterocycles. The Morgan fingerprint density at radius 1 is 0.722 bits per heavy atom. The largest absolute Gasteiger partial charge is 0.467 e. The van der Waals surface area contributed by atoms with Gasteiger partial charge in [0.1, 0.15) is 5.76 Å². The Morgan fingerprint density at radius 3 is 1.58 bits per heavy atom. The summed E-state index contributed by atoms with van der Waals surface area (Å²) in [7, 11) is 0. The number of hydrogen-bond donors (Lipinski definition) is 3. The summed E-state index contributed by atoms with van der Waals surface area (Å²) in [6, 6.07) is 14.7. The van der Waals surface area contributed by atoms with Gasteiger partial charge in [0.25, 0.3) is 0 Å². The molecular weight excluding hydrogens is 456 g/mol. The smallest absolute Gasteiger partial charge is 0.238 e. The highest BCUT2D eigenvalue weighted by Crippen LogP contribution is 2.20. The Morgan fingerprint density at radius 2 is 1.17 bits per heavy atom. The number of furan rings is 1. The second kappa shape index (κ2) is 12.2. The molecule has 1 unspecified atom stereocenters. The van der Waals surface area contributed by atoms with Gasteiger partial charge < -0.3 is 20.4 Å². The Bertz CT molecular complexity index is 1110. The zero-order valence-corrected chi connectivity index (χ0v) is 21.5. The van der Waals surface area contributed by atoms with E-state index in [9.17, 15) is 14.4 Å². The molecule has 0 saturated heterocycles. The average molecular weight is 491 g/mol. The molecule has 190 valence electrons. The molecule has 0 spiro atoms. The van der Waals surface area contributed by atoms with E-state index in [-0.39, 0.29) is 43.4 Å². The summed E-state index contributed by atoms with van der Waals surface area (Å²) < 4.78 is 5.35. The van der Waals surface area contributed by atoms with Crippen molar-refractivity contribution in [2.45, 2.75) is 40.7 Å². The summed E-state index contributed by atoms with van der Waals surface area (Å²) in [4.78, 5) is 40.2. The second-order valence-corrected chi connectivity index (χ2v) is 9.08. The molecule has 0 aliphatic carbocycles. The molecule has 8 heteroatoms. The molecule has 3 amide bonds. The van der Waals surface area contributed by atoms with Gasteiger partial charge in [0.05, 0.1) is 31.9 Å². The normalized spacial score (nSPS) is 11.7. The van der Waals surface area contributed by atoms with Gasteiger partial charge in [-0.3, -0.25) is 19.3 Å². The quantitative estimate of drug-likeness (QED) is 0.394. The predicted octanol–water partition coefficient (Wildman–Crippen LogP) is 4.27. The SMILES string of the molecule is Cc1cccc(C)c1NC(=O)CN(CC(=O)Nc1c(C)cccc1C)CC(=O)NC(C)c1ccco1. The van der Waals surface area contributed by atoms with Crippen LogP contribution in [0.2, 0.25) is 0 Å². The number of para-hydroxylation sites is 2. The first kappa shape index (κ1) is 26.7. The van der Waals surface area contributed by atoms with Crippen LogP contribution >= 0.6 is 0 Å². The van der Waals surface area contributed by atoms with Crippen LogP contribution in [0.4, 0.5) is 11.4 Å². The number of hydrogen-bond acceptors (Lipinski definition) is 5. The first-order valence-electron chi connectivity index (χ1n) is 11.9. The third-order valence-corrected chi connectivity index (χ3v) is 5.94. The first-order valence-corrected chi connectivity index (χ1v) is 11.9. The van der Waals surface area contributed by atoms with E-state index in [1.54, 1.807) is 18.4 Å². The molecule has 3 N–H and O–H groups in total. The van der Waals surface area contributed by atoms with Crippen LogP contribution in [0.3, 0.4) is 0 Å². The minimum Gasteiger partial charge on any atom is -0.467 e. The Kier molecular flexibility index (Phi) is 9.02. The van der Waals surface area contributed by atoms with E-state index < -0.39 is 0 Å². The second-order valence-electron chi connectivity index (χ2n) is 9.08. The van der Waals surface area contributed by atoms with Crippen molar-refractivity contribution < 1.29 is 18.8 Å². The summed E-state index contributed by atoms with van der Waals surface area (Å²) in [5, 5.41) is 8.71. The van der Waals surface area contributed by atoms with Crippen LogP contribution in [0.15, 0.2) is 59.2 Å². The maximum atomic E-state index is 12.9. The van der Waals surface area contributed by atoms with Gasteiger partial charge in [-0.05, 0) is 69.0 Å². The van der Waals surface area contributed by atoms with Crippen LogP contribution in [0.25, 0.3) is 0 Å². The number of nitrogens with one attached hydrogen (secondary N) is 3. The molecule has 0 fully saturated rings. The van der Waals surface area contributed by atoms with Crippen molar-refractivity contribution >= 4 is 29.1 Å². The number of carbonyl (C=O) groups is 3. The van der Waals surface area contributed by atoms with Crippen LogP contribution in [-0.2, 0) is 14.4 Å². The minimum absolute atomic E-state index is 0.128. The zero-order chi connectivity index (χ0) is 26.2. The zero-order valence-electron chi connectivity index (χ0n) is 21.5. The van der Waals surface area contributed by atoms with Gasteiger partial charge in [0.15, 0.2) is 0 Å². The third kappa shape index (κ3) is 7.29. The van der Waals surface area contributed by atoms with Crippen molar-refractivity contribution in [3.8, 4) is 0 Å².